The van der Waals surface area contributed by atoms with Crippen molar-refractivity contribution in [3.63, 3.8) is 0 Å². The van der Waals surface area contributed by atoms with E-state index >= 15 is 0 Å². The molecule has 0 saturated heterocycles. The van der Waals surface area contributed by atoms with Gasteiger partial charge in [-0.1, -0.05) is 0 Å². The van der Waals surface area contributed by atoms with Gasteiger partial charge in [-0.15, -0.1) is 0 Å². The third-order valence-electron chi connectivity index (χ3n) is 2.80. The third-order valence-corrected chi connectivity index (χ3v) is 2.80. The summed E-state index contributed by atoms with van der Waals surface area (Å²) in [4.78, 5) is 28.3. The van der Waals surface area contributed by atoms with E-state index in [4.69, 9.17) is 4.74 Å². The molecule has 2 aromatic heterocycles. The molecular formula is C14H11N5O2. The number of fused-ring (bicyclic) bond motifs is 1. The molecule has 3 rings (SSSR count). The second-order valence-corrected chi connectivity index (χ2v) is 4.17. The van der Waals surface area contributed by atoms with Crippen LogP contribution in [0.5, 0.6) is 6.01 Å². The second kappa shape index (κ2) is 5.49. The van der Waals surface area contributed by atoms with Crippen LogP contribution >= 0.6 is 0 Å². The van der Waals surface area contributed by atoms with Gasteiger partial charge in [0.15, 0.2) is 0 Å². The average molecular weight is 281 g/mol. The second-order valence-electron chi connectivity index (χ2n) is 4.17. The maximum absolute atomic E-state index is 12.2. The SMILES string of the molecule is COc1ncc(NC(=O)c2ccc3nccnc3c2)cn1. The number of anilines is 1. The standard InChI is InChI=1S/C14H11N5O2/c1-21-14-17-7-10(8-18-14)19-13(20)9-2-3-11-12(6-9)16-5-4-15-11/h2-8H,1H3,(H,19,20). The molecule has 7 nitrogen and oxygen atoms in total. The molecule has 0 aliphatic carbocycles. The van der Waals surface area contributed by atoms with Gasteiger partial charge in [0.1, 0.15) is 0 Å². The monoisotopic (exact) mass is 281 g/mol. The lowest BCUT2D eigenvalue weighted by molar-refractivity contribution is 0.102. The maximum Gasteiger partial charge on any atom is 0.316 e. The molecule has 7 heteroatoms. The molecule has 0 aliphatic rings. The Morgan fingerprint density at radius 1 is 1.05 bits per heavy atom. The molecule has 1 aromatic carbocycles. The number of carbonyl (C=O) groups excluding carboxylic acids is 1. The van der Waals surface area contributed by atoms with Crippen molar-refractivity contribution in [1.29, 1.82) is 0 Å². The number of nitrogens with one attached hydrogen (secondary N) is 1. The zero-order valence-corrected chi connectivity index (χ0v) is 11.1. The minimum atomic E-state index is -0.267. The summed E-state index contributed by atoms with van der Waals surface area (Å²) in [5, 5.41) is 2.71. The summed E-state index contributed by atoms with van der Waals surface area (Å²) in [6.07, 6.45) is 6.15. The van der Waals surface area contributed by atoms with E-state index in [1.807, 2.05) is 0 Å². The third kappa shape index (κ3) is 2.76. The number of nitrogens with zero attached hydrogens (tertiary/aromatic N) is 4. The first-order valence-electron chi connectivity index (χ1n) is 6.14. The molecule has 0 radical (unpaired) electrons. The molecule has 0 saturated carbocycles. The van der Waals surface area contributed by atoms with E-state index in [-0.39, 0.29) is 11.9 Å². The fraction of sp³-hybridized carbons (Fsp3) is 0.0714. The van der Waals surface area contributed by atoms with E-state index in [9.17, 15) is 4.79 Å². The van der Waals surface area contributed by atoms with Gasteiger partial charge in [-0.25, -0.2) is 9.97 Å². The molecule has 0 unspecified atom stereocenters. The van der Waals surface area contributed by atoms with Crippen LogP contribution in [-0.4, -0.2) is 33.0 Å². The Morgan fingerprint density at radius 2 is 1.76 bits per heavy atom. The number of ether oxygens (including phenoxy) is 1. The Bertz CT molecular complexity index is 789. The van der Waals surface area contributed by atoms with Crippen molar-refractivity contribution < 1.29 is 9.53 Å². The molecule has 21 heavy (non-hydrogen) atoms. The Balaban J connectivity index is 1.82. The summed E-state index contributed by atoms with van der Waals surface area (Å²) in [6, 6.07) is 5.37. The van der Waals surface area contributed by atoms with Crippen molar-refractivity contribution >= 4 is 22.6 Å². The first-order valence-corrected chi connectivity index (χ1v) is 6.14. The van der Waals surface area contributed by atoms with Crippen molar-refractivity contribution in [3.8, 4) is 6.01 Å². The van der Waals surface area contributed by atoms with Crippen LogP contribution in [0.25, 0.3) is 11.0 Å². The number of carbonyl (C=O) groups is 1. The van der Waals surface area contributed by atoms with Gasteiger partial charge >= 0.3 is 6.01 Å². The van der Waals surface area contributed by atoms with Crippen molar-refractivity contribution in [3.05, 3.63) is 48.5 Å². The summed E-state index contributed by atoms with van der Waals surface area (Å²) < 4.78 is 4.86. The number of benzene rings is 1. The van der Waals surface area contributed by atoms with Crippen molar-refractivity contribution in [1.82, 2.24) is 19.9 Å². The van der Waals surface area contributed by atoms with Gasteiger partial charge in [0.25, 0.3) is 5.91 Å². The number of hydrogen-bond donors (Lipinski definition) is 1. The normalized spacial score (nSPS) is 10.3. The molecule has 2 heterocycles. The van der Waals surface area contributed by atoms with Gasteiger partial charge < -0.3 is 10.1 Å². The van der Waals surface area contributed by atoms with Crippen LogP contribution in [-0.2, 0) is 0 Å². The van der Waals surface area contributed by atoms with Gasteiger partial charge in [0.2, 0.25) is 0 Å². The molecule has 0 atom stereocenters. The lowest BCUT2D eigenvalue weighted by Gasteiger charge is -2.05. The van der Waals surface area contributed by atoms with Crippen molar-refractivity contribution in [2.75, 3.05) is 12.4 Å². The van der Waals surface area contributed by atoms with E-state index in [0.717, 1.165) is 5.52 Å². The smallest absolute Gasteiger partial charge is 0.316 e. The predicted octanol–water partition coefficient (Wildman–Crippen LogP) is 1.68. The first kappa shape index (κ1) is 12.9. The molecule has 1 amide bonds. The summed E-state index contributed by atoms with van der Waals surface area (Å²) >= 11 is 0. The molecule has 0 spiro atoms. The fourth-order valence-electron chi connectivity index (χ4n) is 1.79. The zero-order chi connectivity index (χ0) is 14.7. The maximum atomic E-state index is 12.2. The summed E-state index contributed by atoms with van der Waals surface area (Å²) in [6.45, 7) is 0. The van der Waals surface area contributed by atoms with E-state index < -0.39 is 0 Å². The van der Waals surface area contributed by atoms with Crippen LogP contribution in [0.1, 0.15) is 10.4 Å². The number of aromatic nitrogens is 4. The topological polar surface area (TPSA) is 89.9 Å². The van der Waals surface area contributed by atoms with Crippen LogP contribution in [0.15, 0.2) is 43.0 Å². The lowest BCUT2D eigenvalue weighted by atomic mass is 10.2. The number of hydrogen-bond acceptors (Lipinski definition) is 6. The lowest BCUT2D eigenvalue weighted by Crippen LogP contribution is -2.12. The Labute approximate surface area is 120 Å². The summed E-state index contributed by atoms with van der Waals surface area (Å²) in [7, 11) is 1.48. The van der Waals surface area contributed by atoms with Gasteiger partial charge in [-0.05, 0) is 18.2 Å². The highest BCUT2D eigenvalue weighted by Gasteiger charge is 2.08. The van der Waals surface area contributed by atoms with Crippen molar-refractivity contribution in [2.45, 2.75) is 0 Å². The number of amides is 1. The molecule has 0 bridgehead atoms. The highest BCUT2D eigenvalue weighted by atomic mass is 16.5. The minimum Gasteiger partial charge on any atom is -0.467 e. The Hall–Kier alpha value is -3.09. The molecule has 0 aliphatic heterocycles. The van der Waals surface area contributed by atoms with E-state index in [1.54, 1.807) is 30.6 Å². The predicted molar refractivity (Wildman–Crippen MR) is 76.1 cm³/mol. The van der Waals surface area contributed by atoms with Crippen LogP contribution < -0.4 is 10.1 Å². The number of methoxy groups -OCH3 is 1. The molecular weight excluding hydrogens is 270 g/mol. The van der Waals surface area contributed by atoms with E-state index in [0.29, 0.717) is 16.8 Å². The molecule has 0 fully saturated rings. The van der Waals surface area contributed by atoms with Crippen LogP contribution in [0.3, 0.4) is 0 Å². The van der Waals surface area contributed by atoms with Crippen LogP contribution in [0.4, 0.5) is 5.69 Å². The van der Waals surface area contributed by atoms with Crippen LogP contribution in [0.2, 0.25) is 0 Å². The quantitative estimate of drug-likeness (QED) is 0.785. The van der Waals surface area contributed by atoms with Gasteiger partial charge in [-0.3, -0.25) is 14.8 Å². The van der Waals surface area contributed by atoms with Crippen LogP contribution in [0, 0.1) is 0 Å². The molecule has 1 N–H and O–H groups in total. The summed E-state index contributed by atoms with van der Waals surface area (Å²) in [5.74, 6) is -0.267. The van der Waals surface area contributed by atoms with Crippen molar-refractivity contribution in [2.24, 2.45) is 0 Å². The minimum absolute atomic E-state index is 0.244. The summed E-state index contributed by atoms with van der Waals surface area (Å²) in [5.41, 5.74) is 2.37. The largest absolute Gasteiger partial charge is 0.467 e. The fourth-order valence-corrected chi connectivity index (χ4v) is 1.79. The zero-order valence-electron chi connectivity index (χ0n) is 11.1. The van der Waals surface area contributed by atoms with E-state index in [1.165, 1.54) is 19.5 Å². The molecule has 104 valence electrons. The van der Waals surface area contributed by atoms with Gasteiger partial charge in [-0.2, -0.15) is 0 Å². The highest BCUT2D eigenvalue weighted by Crippen LogP contribution is 2.13. The average Bonchev–Trinajstić information content (AvgIpc) is 2.55. The van der Waals surface area contributed by atoms with Gasteiger partial charge in [0.05, 0.1) is 36.2 Å². The first-order chi connectivity index (χ1) is 10.3. The highest BCUT2D eigenvalue weighted by molar-refractivity contribution is 6.05. The van der Waals surface area contributed by atoms with Gasteiger partial charge in [0, 0.05) is 18.0 Å². The van der Waals surface area contributed by atoms with E-state index in [2.05, 4.69) is 25.3 Å². The Kier molecular flexibility index (Phi) is 3.38. The molecule has 3 aromatic rings. The number of rotatable bonds is 3. The Morgan fingerprint density at radius 3 is 2.48 bits per heavy atom.